The van der Waals surface area contributed by atoms with Crippen molar-refractivity contribution in [2.24, 2.45) is 0 Å². The first-order valence-electron chi connectivity index (χ1n) is 5.82. The lowest BCUT2D eigenvalue weighted by Crippen LogP contribution is -2.43. The highest BCUT2D eigenvalue weighted by atomic mass is 79.9. The second kappa shape index (κ2) is 7.63. The minimum absolute atomic E-state index is 0.114. The smallest absolute Gasteiger partial charge is 0.328 e. The van der Waals surface area contributed by atoms with Gasteiger partial charge in [0, 0.05) is 10.0 Å². The van der Waals surface area contributed by atoms with E-state index >= 15 is 0 Å². The number of methoxy groups -OCH3 is 2. The third-order valence-electron chi connectivity index (χ3n) is 2.53. The molecule has 1 rings (SSSR count). The molecule has 0 heterocycles. The van der Waals surface area contributed by atoms with E-state index in [1.165, 1.54) is 25.3 Å². The van der Waals surface area contributed by atoms with Crippen LogP contribution in [0, 0.1) is 0 Å². The molecule has 114 valence electrons. The van der Waals surface area contributed by atoms with Crippen LogP contribution in [0.25, 0.3) is 0 Å². The van der Waals surface area contributed by atoms with Gasteiger partial charge >= 0.3 is 11.9 Å². The Morgan fingerprint density at radius 3 is 2.43 bits per heavy atom. The molecule has 1 amide bonds. The lowest BCUT2D eigenvalue weighted by atomic mass is 10.1. The highest BCUT2D eigenvalue weighted by molar-refractivity contribution is 9.10. The first-order chi connectivity index (χ1) is 9.87. The monoisotopic (exact) mass is 359 g/mol. The molecule has 0 saturated carbocycles. The number of esters is 2. The van der Waals surface area contributed by atoms with E-state index in [9.17, 15) is 19.5 Å². The van der Waals surface area contributed by atoms with E-state index in [1.54, 1.807) is 0 Å². The molecule has 7 nitrogen and oxygen atoms in total. The second-order valence-corrected chi connectivity index (χ2v) is 4.94. The van der Waals surface area contributed by atoms with Gasteiger partial charge in [-0.15, -0.1) is 0 Å². The molecule has 0 saturated heterocycles. The van der Waals surface area contributed by atoms with Crippen molar-refractivity contribution < 1.29 is 29.0 Å². The number of benzene rings is 1. The summed E-state index contributed by atoms with van der Waals surface area (Å²) in [5, 5.41) is 11.8. The maximum Gasteiger partial charge on any atom is 0.328 e. The SMILES string of the molecule is COC(=O)C[C@H](NC(=O)c1cc(O)cc(Br)c1)C(=O)OC. The van der Waals surface area contributed by atoms with Crippen molar-refractivity contribution in [3.63, 3.8) is 0 Å². The van der Waals surface area contributed by atoms with Crippen LogP contribution >= 0.6 is 15.9 Å². The Labute approximate surface area is 129 Å². The number of hydrogen-bond acceptors (Lipinski definition) is 6. The Morgan fingerprint density at radius 2 is 1.90 bits per heavy atom. The first-order valence-corrected chi connectivity index (χ1v) is 6.61. The van der Waals surface area contributed by atoms with Crippen LogP contribution in [0.15, 0.2) is 22.7 Å². The van der Waals surface area contributed by atoms with Gasteiger partial charge in [0.2, 0.25) is 0 Å². The summed E-state index contributed by atoms with van der Waals surface area (Å²) in [4.78, 5) is 34.8. The molecule has 0 spiro atoms. The number of hydrogen-bond donors (Lipinski definition) is 2. The molecule has 0 bridgehead atoms. The van der Waals surface area contributed by atoms with Crippen LogP contribution < -0.4 is 5.32 Å². The number of amides is 1. The third kappa shape index (κ3) is 5.07. The van der Waals surface area contributed by atoms with Crippen LogP contribution in [0.4, 0.5) is 0 Å². The van der Waals surface area contributed by atoms with Crippen molar-refractivity contribution in [2.45, 2.75) is 12.5 Å². The zero-order chi connectivity index (χ0) is 16.0. The summed E-state index contributed by atoms with van der Waals surface area (Å²) in [6.07, 6.45) is -0.352. The standard InChI is InChI=1S/C13H14BrNO6/c1-20-11(17)6-10(13(19)21-2)15-12(18)7-3-8(14)5-9(16)4-7/h3-5,10,16H,6H2,1-2H3,(H,15,18)/t10-/m0/s1. The Kier molecular flexibility index (Phi) is 6.16. The Morgan fingerprint density at radius 1 is 1.24 bits per heavy atom. The van der Waals surface area contributed by atoms with Crippen LogP contribution in [0.2, 0.25) is 0 Å². The number of nitrogens with one attached hydrogen (secondary N) is 1. The molecular weight excluding hydrogens is 346 g/mol. The van der Waals surface area contributed by atoms with Crippen LogP contribution in [0.5, 0.6) is 5.75 Å². The van der Waals surface area contributed by atoms with Crippen molar-refractivity contribution in [3.8, 4) is 5.75 Å². The number of carbonyl (C=O) groups is 3. The molecule has 0 fully saturated rings. The Balaban J connectivity index is 2.89. The fraction of sp³-hybridized carbons (Fsp3) is 0.308. The lowest BCUT2D eigenvalue weighted by molar-refractivity contribution is -0.149. The molecule has 0 aliphatic heterocycles. The molecular formula is C13H14BrNO6. The number of halogens is 1. The second-order valence-electron chi connectivity index (χ2n) is 4.03. The summed E-state index contributed by atoms with van der Waals surface area (Å²) in [5.74, 6) is -2.18. The van der Waals surface area contributed by atoms with Crippen LogP contribution in [0.1, 0.15) is 16.8 Å². The molecule has 2 N–H and O–H groups in total. The summed E-state index contributed by atoms with van der Waals surface area (Å²) in [6, 6.07) is 2.92. The Bertz CT molecular complexity index is 539. The lowest BCUT2D eigenvalue weighted by Gasteiger charge is -2.15. The molecule has 8 heteroatoms. The molecule has 0 aromatic heterocycles. The number of aromatic hydroxyl groups is 1. The fourth-order valence-corrected chi connectivity index (χ4v) is 2.01. The maximum atomic E-state index is 12.0. The van der Waals surface area contributed by atoms with E-state index in [4.69, 9.17) is 0 Å². The number of carbonyl (C=O) groups excluding carboxylic acids is 3. The van der Waals surface area contributed by atoms with E-state index < -0.39 is 23.9 Å². The predicted molar refractivity (Wildman–Crippen MR) is 75.7 cm³/mol. The average Bonchev–Trinajstić information content (AvgIpc) is 2.44. The highest BCUT2D eigenvalue weighted by Gasteiger charge is 2.25. The normalized spacial score (nSPS) is 11.4. The van der Waals surface area contributed by atoms with E-state index in [0.29, 0.717) is 4.47 Å². The summed E-state index contributed by atoms with van der Waals surface area (Å²) < 4.78 is 9.47. The molecule has 0 radical (unpaired) electrons. The summed E-state index contributed by atoms with van der Waals surface area (Å²) in [7, 11) is 2.31. The topological polar surface area (TPSA) is 102 Å². The van der Waals surface area contributed by atoms with Gasteiger partial charge < -0.3 is 19.9 Å². The van der Waals surface area contributed by atoms with Gasteiger partial charge in [0.05, 0.1) is 20.6 Å². The van der Waals surface area contributed by atoms with Crippen LogP contribution in [-0.2, 0) is 19.1 Å². The molecule has 0 aliphatic carbocycles. The van der Waals surface area contributed by atoms with E-state index in [1.807, 2.05) is 0 Å². The van der Waals surface area contributed by atoms with Crippen molar-refractivity contribution in [1.82, 2.24) is 5.32 Å². The third-order valence-corrected chi connectivity index (χ3v) is 2.99. The number of phenolic OH excluding ortho intramolecular Hbond substituents is 1. The quantitative estimate of drug-likeness (QED) is 0.760. The predicted octanol–water partition coefficient (Wildman–Crippen LogP) is 0.989. The minimum Gasteiger partial charge on any atom is -0.508 e. The highest BCUT2D eigenvalue weighted by Crippen LogP contribution is 2.20. The van der Waals surface area contributed by atoms with E-state index in [-0.39, 0.29) is 17.7 Å². The minimum atomic E-state index is -1.17. The Hall–Kier alpha value is -2.09. The van der Waals surface area contributed by atoms with Crippen LogP contribution in [-0.4, -0.2) is 43.2 Å². The van der Waals surface area contributed by atoms with Gasteiger partial charge in [-0.1, -0.05) is 15.9 Å². The molecule has 21 heavy (non-hydrogen) atoms. The van der Waals surface area contributed by atoms with E-state index in [2.05, 4.69) is 30.7 Å². The fourth-order valence-electron chi connectivity index (χ4n) is 1.53. The van der Waals surface area contributed by atoms with Gasteiger partial charge in [0.1, 0.15) is 11.8 Å². The zero-order valence-electron chi connectivity index (χ0n) is 11.4. The van der Waals surface area contributed by atoms with Crippen LogP contribution in [0.3, 0.4) is 0 Å². The van der Waals surface area contributed by atoms with Crippen molar-refractivity contribution in [2.75, 3.05) is 14.2 Å². The van der Waals surface area contributed by atoms with Gasteiger partial charge in [-0.05, 0) is 18.2 Å². The molecule has 1 aromatic carbocycles. The largest absolute Gasteiger partial charge is 0.508 e. The number of ether oxygens (including phenoxy) is 2. The first kappa shape index (κ1) is 17.0. The number of rotatable bonds is 5. The van der Waals surface area contributed by atoms with Crippen molar-refractivity contribution >= 4 is 33.8 Å². The van der Waals surface area contributed by atoms with Crippen molar-refractivity contribution in [1.29, 1.82) is 0 Å². The van der Waals surface area contributed by atoms with Gasteiger partial charge in [-0.3, -0.25) is 9.59 Å². The summed E-state index contributed by atoms with van der Waals surface area (Å²) in [6.45, 7) is 0. The molecule has 0 aliphatic rings. The summed E-state index contributed by atoms with van der Waals surface area (Å²) in [5.41, 5.74) is 0.126. The van der Waals surface area contributed by atoms with Gasteiger partial charge in [-0.25, -0.2) is 4.79 Å². The maximum absolute atomic E-state index is 12.0. The van der Waals surface area contributed by atoms with Gasteiger partial charge in [0.25, 0.3) is 5.91 Å². The summed E-state index contributed by atoms with van der Waals surface area (Å²) >= 11 is 3.14. The van der Waals surface area contributed by atoms with Crippen molar-refractivity contribution in [3.05, 3.63) is 28.2 Å². The molecule has 1 aromatic rings. The number of phenols is 1. The zero-order valence-corrected chi connectivity index (χ0v) is 13.0. The van der Waals surface area contributed by atoms with Gasteiger partial charge in [0.15, 0.2) is 0 Å². The molecule has 0 unspecified atom stereocenters. The van der Waals surface area contributed by atoms with E-state index in [0.717, 1.165) is 7.11 Å². The molecule has 1 atom stereocenters. The average molecular weight is 360 g/mol. The van der Waals surface area contributed by atoms with Gasteiger partial charge in [-0.2, -0.15) is 0 Å².